The van der Waals surface area contributed by atoms with Crippen LogP contribution in [-0.2, 0) is 0 Å². The monoisotopic (exact) mass is 752 g/mol. The third kappa shape index (κ3) is 4.55. The van der Waals surface area contributed by atoms with Crippen LogP contribution in [0.25, 0.3) is 105 Å². The van der Waals surface area contributed by atoms with Gasteiger partial charge in [0.25, 0.3) is 0 Å². The predicted octanol–water partition coefficient (Wildman–Crippen LogP) is 14.6. The highest BCUT2D eigenvalue weighted by molar-refractivity contribution is 6.36. The fourth-order valence-corrected chi connectivity index (χ4v) is 9.56. The van der Waals surface area contributed by atoms with Crippen molar-refractivity contribution in [2.45, 2.75) is 0 Å². The summed E-state index contributed by atoms with van der Waals surface area (Å²) in [5.74, 6) is 0.624. The summed E-state index contributed by atoms with van der Waals surface area (Å²) < 4.78 is 9.63. The minimum absolute atomic E-state index is 0.624. The fraction of sp³-hybridized carbons (Fsp3) is 0. The molecule has 0 saturated heterocycles. The summed E-state index contributed by atoms with van der Waals surface area (Å²) in [4.78, 5) is 13.5. The number of fused-ring (bicyclic) bond motifs is 12. The molecule has 0 aliphatic carbocycles. The Balaban J connectivity index is 1.23. The highest BCUT2D eigenvalue weighted by atomic mass is 16.3. The van der Waals surface area contributed by atoms with Crippen LogP contribution in [0.3, 0.4) is 0 Å². The average Bonchev–Trinajstić information content (AvgIpc) is 3.87. The van der Waals surface area contributed by atoms with Crippen LogP contribution in [0, 0.1) is 0 Å². The highest BCUT2D eigenvalue weighted by Gasteiger charge is 2.36. The molecule has 13 rings (SSSR count). The molecule has 4 heterocycles. The lowest BCUT2D eigenvalue weighted by Gasteiger charge is -2.34. The lowest BCUT2D eigenvalue weighted by Crippen LogP contribution is -2.18. The third-order valence-corrected chi connectivity index (χ3v) is 12.1. The Labute approximate surface area is 338 Å². The smallest absolute Gasteiger partial charge is 0.164 e. The standard InChI is InChI=1S/C54H32N4O/c1-3-15-33(16-4-1)34-27-29-36(30-28-34)50-39-21-9-11-23-41(39)55-54(56-50)49-48-46-38-20-8-7-17-35(38)31-32-44(46)58-43-25-13-12-24-42(43)57(37-18-5-2-6-19-37)51(52(48)58)47-40-22-10-14-26-45(40)59-53(47)49/h1-32H. The van der Waals surface area contributed by atoms with Crippen LogP contribution in [0.15, 0.2) is 199 Å². The molecule has 5 nitrogen and oxygen atoms in total. The molecule has 0 saturated carbocycles. The van der Waals surface area contributed by atoms with E-state index in [9.17, 15) is 0 Å². The van der Waals surface area contributed by atoms with Crippen LogP contribution in [0.5, 0.6) is 0 Å². The van der Waals surface area contributed by atoms with Crippen LogP contribution in [0.2, 0.25) is 0 Å². The molecule has 0 fully saturated rings. The van der Waals surface area contributed by atoms with E-state index in [1.54, 1.807) is 0 Å². The number of rotatable bonds is 4. The van der Waals surface area contributed by atoms with Crippen molar-refractivity contribution < 1.29 is 4.42 Å². The maximum absolute atomic E-state index is 7.16. The van der Waals surface area contributed by atoms with Crippen LogP contribution < -0.4 is 4.90 Å². The Hall–Kier alpha value is -8.02. The molecule has 0 radical (unpaired) electrons. The molecule has 5 heteroatoms. The van der Waals surface area contributed by atoms with Crippen molar-refractivity contribution in [1.29, 1.82) is 0 Å². The second-order valence-electron chi connectivity index (χ2n) is 15.3. The van der Waals surface area contributed by atoms with Gasteiger partial charge in [-0.25, -0.2) is 9.97 Å². The highest BCUT2D eigenvalue weighted by Crippen LogP contribution is 2.58. The normalized spacial score (nSPS) is 12.4. The summed E-state index contributed by atoms with van der Waals surface area (Å²) in [5.41, 5.74) is 14.2. The first-order chi connectivity index (χ1) is 29.3. The van der Waals surface area contributed by atoms with E-state index >= 15 is 0 Å². The molecule has 1 aliphatic heterocycles. The van der Waals surface area contributed by atoms with E-state index < -0.39 is 0 Å². The molecule has 0 N–H and O–H groups in total. The molecule has 0 bridgehead atoms. The first-order valence-electron chi connectivity index (χ1n) is 20.0. The van der Waals surface area contributed by atoms with E-state index in [0.717, 1.165) is 99.8 Å². The lowest BCUT2D eigenvalue weighted by molar-refractivity contribution is 0.670. The molecule has 0 unspecified atom stereocenters. The molecular weight excluding hydrogens is 721 g/mol. The zero-order chi connectivity index (χ0) is 38.6. The minimum Gasteiger partial charge on any atom is -0.455 e. The van der Waals surface area contributed by atoms with Gasteiger partial charge in [-0.05, 0) is 64.4 Å². The van der Waals surface area contributed by atoms with Gasteiger partial charge in [-0.3, -0.25) is 0 Å². The summed E-state index contributed by atoms with van der Waals surface area (Å²) in [6.45, 7) is 0. The number of aromatic nitrogens is 3. The molecule has 0 spiro atoms. The van der Waals surface area contributed by atoms with E-state index in [4.69, 9.17) is 14.4 Å². The number of hydrogen-bond acceptors (Lipinski definition) is 4. The molecule has 3 aromatic heterocycles. The molecule has 1 aliphatic rings. The van der Waals surface area contributed by atoms with Gasteiger partial charge in [0, 0.05) is 32.8 Å². The molecule has 59 heavy (non-hydrogen) atoms. The van der Waals surface area contributed by atoms with Crippen molar-refractivity contribution >= 4 is 82.5 Å². The van der Waals surface area contributed by atoms with E-state index in [1.807, 2.05) is 6.07 Å². The van der Waals surface area contributed by atoms with Gasteiger partial charge in [-0.1, -0.05) is 152 Å². The van der Waals surface area contributed by atoms with E-state index in [1.165, 1.54) is 16.3 Å². The molecule has 9 aromatic carbocycles. The van der Waals surface area contributed by atoms with Gasteiger partial charge in [-0.15, -0.1) is 0 Å². The van der Waals surface area contributed by atoms with Crippen molar-refractivity contribution in [2.24, 2.45) is 0 Å². The Kier molecular flexibility index (Phi) is 6.66. The van der Waals surface area contributed by atoms with Gasteiger partial charge in [0.05, 0.1) is 50.3 Å². The largest absolute Gasteiger partial charge is 0.455 e. The van der Waals surface area contributed by atoms with Crippen molar-refractivity contribution in [1.82, 2.24) is 14.5 Å². The van der Waals surface area contributed by atoms with E-state index in [-0.39, 0.29) is 0 Å². The molecule has 0 amide bonds. The van der Waals surface area contributed by atoms with Crippen LogP contribution >= 0.6 is 0 Å². The zero-order valence-electron chi connectivity index (χ0n) is 31.7. The van der Waals surface area contributed by atoms with Gasteiger partial charge in [-0.2, -0.15) is 0 Å². The summed E-state index contributed by atoms with van der Waals surface area (Å²) in [6, 6.07) is 68.6. The van der Waals surface area contributed by atoms with Crippen molar-refractivity contribution in [2.75, 3.05) is 4.90 Å². The van der Waals surface area contributed by atoms with Crippen molar-refractivity contribution in [3.8, 4) is 39.5 Å². The Morgan fingerprint density at radius 1 is 0.441 bits per heavy atom. The number of benzene rings is 9. The van der Waals surface area contributed by atoms with Gasteiger partial charge in [0.1, 0.15) is 11.2 Å². The number of nitrogens with zero attached hydrogens (tertiary/aromatic N) is 4. The first-order valence-corrected chi connectivity index (χ1v) is 20.0. The topological polar surface area (TPSA) is 47.1 Å². The molecule has 274 valence electrons. The SMILES string of the molecule is c1ccc(-c2ccc(-c3nc(-c4c5oc6ccccc6c5c5c6c4c4c7ccccc7ccc4n6-c4ccccc4N5c4ccccc4)nc4ccccc34)cc2)cc1. The van der Waals surface area contributed by atoms with E-state index in [0.29, 0.717) is 5.82 Å². The van der Waals surface area contributed by atoms with Crippen LogP contribution in [-0.4, -0.2) is 14.5 Å². The first kappa shape index (κ1) is 32.1. The average molecular weight is 753 g/mol. The Bertz CT molecular complexity index is 3660. The fourth-order valence-electron chi connectivity index (χ4n) is 9.56. The van der Waals surface area contributed by atoms with Gasteiger partial charge >= 0.3 is 0 Å². The molecule has 12 aromatic rings. The van der Waals surface area contributed by atoms with Gasteiger partial charge in [0.2, 0.25) is 0 Å². The van der Waals surface area contributed by atoms with Gasteiger partial charge in [0.15, 0.2) is 5.82 Å². The molecule has 0 atom stereocenters. The number of para-hydroxylation sites is 5. The quantitative estimate of drug-likeness (QED) is 0.180. The second kappa shape index (κ2) is 12.2. The Morgan fingerprint density at radius 2 is 1.08 bits per heavy atom. The number of furan rings is 1. The Morgan fingerprint density at radius 3 is 1.92 bits per heavy atom. The van der Waals surface area contributed by atoms with Gasteiger partial charge < -0.3 is 13.9 Å². The predicted molar refractivity (Wildman–Crippen MR) is 243 cm³/mol. The lowest BCUT2D eigenvalue weighted by atomic mass is 9.95. The van der Waals surface area contributed by atoms with E-state index in [2.05, 4.69) is 198 Å². The van der Waals surface area contributed by atoms with Crippen molar-refractivity contribution in [3.63, 3.8) is 0 Å². The summed E-state index contributed by atoms with van der Waals surface area (Å²) in [6.07, 6.45) is 0. The molecular formula is C54H32N4O. The number of anilines is 3. The minimum atomic E-state index is 0.624. The number of hydrogen-bond donors (Lipinski definition) is 0. The van der Waals surface area contributed by atoms with Crippen LogP contribution in [0.4, 0.5) is 17.1 Å². The third-order valence-electron chi connectivity index (χ3n) is 12.1. The van der Waals surface area contributed by atoms with Crippen molar-refractivity contribution in [3.05, 3.63) is 194 Å². The summed E-state index contributed by atoms with van der Waals surface area (Å²) in [5, 5.41) is 7.61. The maximum Gasteiger partial charge on any atom is 0.164 e. The van der Waals surface area contributed by atoms with Crippen LogP contribution in [0.1, 0.15) is 0 Å². The summed E-state index contributed by atoms with van der Waals surface area (Å²) in [7, 11) is 0. The second-order valence-corrected chi connectivity index (χ2v) is 15.3. The zero-order valence-corrected chi connectivity index (χ0v) is 31.7. The summed E-state index contributed by atoms with van der Waals surface area (Å²) >= 11 is 0. The maximum atomic E-state index is 7.16.